The summed E-state index contributed by atoms with van der Waals surface area (Å²) in [5.41, 5.74) is 5.02. The van der Waals surface area contributed by atoms with Gasteiger partial charge in [0.25, 0.3) is 0 Å². The van der Waals surface area contributed by atoms with Gasteiger partial charge < -0.3 is 4.74 Å². The third-order valence-corrected chi connectivity index (χ3v) is 4.79. The molecular formula is C24H25ClO. The van der Waals surface area contributed by atoms with Crippen LogP contribution in [0.1, 0.15) is 41.2 Å². The number of rotatable bonds is 8. The summed E-state index contributed by atoms with van der Waals surface area (Å²) in [6.45, 7) is 2.87. The molecule has 0 amide bonds. The van der Waals surface area contributed by atoms with Gasteiger partial charge in [-0.1, -0.05) is 83.9 Å². The molecule has 3 aromatic rings. The van der Waals surface area contributed by atoms with Crippen molar-refractivity contribution in [2.75, 3.05) is 6.61 Å². The molecule has 0 radical (unpaired) electrons. The van der Waals surface area contributed by atoms with Gasteiger partial charge in [0, 0.05) is 11.6 Å². The minimum atomic E-state index is -0.0483. The van der Waals surface area contributed by atoms with Crippen molar-refractivity contribution in [1.82, 2.24) is 0 Å². The van der Waals surface area contributed by atoms with E-state index in [1.807, 2.05) is 30.3 Å². The first-order chi connectivity index (χ1) is 12.7. The highest BCUT2D eigenvalue weighted by Crippen LogP contribution is 2.27. The van der Waals surface area contributed by atoms with Crippen LogP contribution in [0.4, 0.5) is 0 Å². The van der Waals surface area contributed by atoms with Crippen LogP contribution in [0.3, 0.4) is 0 Å². The van der Waals surface area contributed by atoms with Gasteiger partial charge >= 0.3 is 0 Å². The third-order valence-electron chi connectivity index (χ3n) is 4.54. The van der Waals surface area contributed by atoms with Gasteiger partial charge in [0.2, 0.25) is 0 Å². The molecule has 0 aromatic heterocycles. The van der Waals surface area contributed by atoms with E-state index in [0.29, 0.717) is 0 Å². The summed E-state index contributed by atoms with van der Waals surface area (Å²) in [6, 6.07) is 27.1. The molecule has 26 heavy (non-hydrogen) atoms. The van der Waals surface area contributed by atoms with Crippen LogP contribution in [0, 0.1) is 6.92 Å². The lowest BCUT2D eigenvalue weighted by Gasteiger charge is -2.19. The molecule has 3 rings (SSSR count). The fraction of sp³-hybridized carbons (Fsp3) is 0.250. The van der Waals surface area contributed by atoms with E-state index in [4.69, 9.17) is 16.3 Å². The summed E-state index contributed by atoms with van der Waals surface area (Å²) in [4.78, 5) is 0. The normalized spacial score (nSPS) is 12.1. The number of hydrogen-bond acceptors (Lipinski definition) is 1. The smallest absolute Gasteiger partial charge is 0.108 e. The first-order valence-electron chi connectivity index (χ1n) is 9.20. The number of aryl methyl sites for hydroxylation is 2. The molecule has 1 atom stereocenters. The average Bonchev–Trinajstić information content (AvgIpc) is 2.68. The zero-order valence-corrected chi connectivity index (χ0v) is 16.0. The molecule has 134 valence electrons. The Morgan fingerprint density at radius 2 is 1.42 bits per heavy atom. The van der Waals surface area contributed by atoms with Gasteiger partial charge in [-0.25, -0.2) is 0 Å². The summed E-state index contributed by atoms with van der Waals surface area (Å²) in [6.07, 6.45) is 3.23. The van der Waals surface area contributed by atoms with Crippen molar-refractivity contribution < 1.29 is 4.74 Å². The van der Waals surface area contributed by atoms with Crippen LogP contribution >= 0.6 is 11.6 Å². The van der Waals surface area contributed by atoms with E-state index in [2.05, 4.69) is 55.5 Å². The molecule has 0 aliphatic carbocycles. The number of ether oxygens (including phenoxy) is 1. The molecule has 2 heteroatoms. The fourth-order valence-electron chi connectivity index (χ4n) is 3.04. The predicted octanol–water partition coefficient (Wildman–Crippen LogP) is 6.78. The van der Waals surface area contributed by atoms with Crippen molar-refractivity contribution in [2.45, 2.75) is 32.3 Å². The zero-order valence-electron chi connectivity index (χ0n) is 15.2. The van der Waals surface area contributed by atoms with Crippen molar-refractivity contribution in [1.29, 1.82) is 0 Å². The predicted molar refractivity (Wildman–Crippen MR) is 110 cm³/mol. The molecule has 0 fully saturated rings. The van der Waals surface area contributed by atoms with Gasteiger partial charge in [-0.3, -0.25) is 0 Å². The number of benzene rings is 3. The summed E-state index contributed by atoms with van der Waals surface area (Å²) < 4.78 is 6.27. The Bertz CT molecular complexity index is 779. The lowest BCUT2D eigenvalue weighted by molar-refractivity contribution is 0.0772. The Morgan fingerprint density at radius 3 is 2.12 bits per heavy atom. The first kappa shape index (κ1) is 18.7. The molecule has 0 aliphatic heterocycles. The second kappa shape index (κ2) is 9.56. The van der Waals surface area contributed by atoms with E-state index in [0.717, 1.165) is 36.5 Å². The minimum absolute atomic E-state index is 0.0483. The maximum absolute atomic E-state index is 6.27. The van der Waals surface area contributed by atoms with Crippen LogP contribution in [0.15, 0.2) is 78.9 Å². The van der Waals surface area contributed by atoms with Crippen molar-refractivity contribution in [2.24, 2.45) is 0 Å². The van der Waals surface area contributed by atoms with Gasteiger partial charge in [0.15, 0.2) is 0 Å². The maximum Gasteiger partial charge on any atom is 0.108 e. The van der Waals surface area contributed by atoms with Gasteiger partial charge in [-0.2, -0.15) is 0 Å². The summed E-state index contributed by atoms with van der Waals surface area (Å²) in [7, 11) is 0. The average molecular weight is 365 g/mol. The highest BCUT2D eigenvalue weighted by atomic mass is 35.5. The van der Waals surface area contributed by atoms with E-state index >= 15 is 0 Å². The molecule has 0 saturated heterocycles. The highest BCUT2D eigenvalue weighted by Gasteiger charge is 2.14. The van der Waals surface area contributed by atoms with E-state index in [1.54, 1.807) is 0 Å². The molecule has 1 nitrogen and oxygen atoms in total. The second-order valence-electron chi connectivity index (χ2n) is 6.66. The van der Waals surface area contributed by atoms with Gasteiger partial charge in [0.1, 0.15) is 6.10 Å². The molecular weight excluding hydrogens is 340 g/mol. The van der Waals surface area contributed by atoms with Crippen LogP contribution in [-0.2, 0) is 11.2 Å². The standard InChI is InChI=1S/C24H25ClO/c1-19-10-12-20(13-11-19)7-5-6-18-26-24(21-8-3-2-4-9-21)22-14-16-23(25)17-15-22/h2-4,8-17,24H,5-7,18H2,1H3. The molecule has 0 saturated carbocycles. The summed E-state index contributed by atoms with van der Waals surface area (Å²) >= 11 is 6.04. The van der Waals surface area contributed by atoms with Crippen LogP contribution in [0.5, 0.6) is 0 Å². The zero-order chi connectivity index (χ0) is 18.2. The van der Waals surface area contributed by atoms with Gasteiger partial charge in [-0.05, 0) is 55.0 Å². The van der Waals surface area contributed by atoms with Crippen LogP contribution in [0.2, 0.25) is 5.02 Å². The van der Waals surface area contributed by atoms with E-state index in [9.17, 15) is 0 Å². The number of halogens is 1. The van der Waals surface area contributed by atoms with Crippen LogP contribution in [0.25, 0.3) is 0 Å². The second-order valence-corrected chi connectivity index (χ2v) is 7.09. The lowest BCUT2D eigenvalue weighted by Crippen LogP contribution is -2.07. The maximum atomic E-state index is 6.27. The van der Waals surface area contributed by atoms with Crippen LogP contribution in [-0.4, -0.2) is 6.61 Å². The van der Waals surface area contributed by atoms with Crippen molar-refractivity contribution >= 4 is 11.6 Å². The van der Waals surface area contributed by atoms with Gasteiger partial charge in [0.05, 0.1) is 0 Å². The Balaban J connectivity index is 1.56. The Kier molecular flexibility index (Phi) is 6.88. The third kappa shape index (κ3) is 5.45. The lowest BCUT2D eigenvalue weighted by atomic mass is 10.0. The van der Waals surface area contributed by atoms with E-state index in [1.165, 1.54) is 16.7 Å². The summed E-state index contributed by atoms with van der Waals surface area (Å²) in [5, 5.41) is 0.749. The van der Waals surface area contributed by atoms with Gasteiger partial charge in [-0.15, -0.1) is 0 Å². The van der Waals surface area contributed by atoms with Crippen molar-refractivity contribution in [3.8, 4) is 0 Å². The number of hydrogen-bond donors (Lipinski definition) is 0. The molecule has 0 spiro atoms. The molecule has 0 N–H and O–H groups in total. The van der Waals surface area contributed by atoms with E-state index < -0.39 is 0 Å². The van der Waals surface area contributed by atoms with Crippen molar-refractivity contribution in [3.05, 3.63) is 106 Å². The molecule has 0 bridgehead atoms. The number of unbranched alkanes of at least 4 members (excludes halogenated alkanes) is 1. The molecule has 0 heterocycles. The molecule has 0 aliphatic rings. The topological polar surface area (TPSA) is 9.23 Å². The van der Waals surface area contributed by atoms with Crippen molar-refractivity contribution in [3.63, 3.8) is 0 Å². The Labute approximate surface area is 161 Å². The summed E-state index contributed by atoms with van der Waals surface area (Å²) in [5.74, 6) is 0. The molecule has 3 aromatic carbocycles. The largest absolute Gasteiger partial charge is 0.369 e. The van der Waals surface area contributed by atoms with E-state index in [-0.39, 0.29) is 6.10 Å². The Hall–Kier alpha value is -2.09. The minimum Gasteiger partial charge on any atom is -0.369 e. The quantitative estimate of drug-likeness (QED) is 0.400. The highest BCUT2D eigenvalue weighted by molar-refractivity contribution is 6.30. The first-order valence-corrected chi connectivity index (χ1v) is 9.58. The molecule has 1 unspecified atom stereocenters. The van der Waals surface area contributed by atoms with Crippen LogP contribution < -0.4 is 0 Å². The fourth-order valence-corrected chi connectivity index (χ4v) is 3.16. The SMILES string of the molecule is Cc1ccc(CCCCOC(c2ccccc2)c2ccc(Cl)cc2)cc1. The monoisotopic (exact) mass is 364 g/mol. The Morgan fingerprint density at radius 1 is 0.769 bits per heavy atom.